The lowest BCUT2D eigenvalue weighted by molar-refractivity contribution is -0.123. The second-order valence-electron chi connectivity index (χ2n) is 11.9. The molecule has 0 aromatic rings. The lowest BCUT2D eigenvalue weighted by atomic mass is 10.1. The molecule has 0 aliphatic carbocycles. The smallest absolute Gasteiger partial charge is 0.220 e. The van der Waals surface area contributed by atoms with Gasteiger partial charge in [0.15, 0.2) is 0 Å². The van der Waals surface area contributed by atoms with Crippen LogP contribution in [0.2, 0.25) is 0 Å². The predicted molar refractivity (Wildman–Crippen MR) is 175 cm³/mol. The molecule has 40 heavy (non-hydrogen) atoms. The molecule has 0 bridgehead atoms. The zero-order valence-corrected chi connectivity index (χ0v) is 26.9. The Kier molecular flexibility index (Phi) is 31.5. The van der Waals surface area contributed by atoms with Crippen LogP contribution in [0.25, 0.3) is 0 Å². The van der Waals surface area contributed by atoms with Gasteiger partial charge in [-0.3, -0.25) is 4.79 Å². The number of hydrogen-bond donors (Lipinski definition) is 3. The van der Waals surface area contributed by atoms with E-state index in [0.717, 1.165) is 25.7 Å². The zero-order chi connectivity index (χ0) is 29.4. The highest BCUT2D eigenvalue weighted by Crippen LogP contribution is 2.13. The number of carbonyl (C=O) groups is 1. The summed E-state index contributed by atoms with van der Waals surface area (Å²) in [5.41, 5.74) is 0. The van der Waals surface area contributed by atoms with Crippen molar-refractivity contribution in [2.75, 3.05) is 6.61 Å². The van der Waals surface area contributed by atoms with Gasteiger partial charge in [0, 0.05) is 6.42 Å². The van der Waals surface area contributed by atoms with Crippen molar-refractivity contribution in [3.05, 3.63) is 24.3 Å². The average Bonchev–Trinajstić information content (AvgIpc) is 2.96. The van der Waals surface area contributed by atoms with Crippen LogP contribution in [0.5, 0.6) is 0 Å². The Bertz CT molecular complexity index is 574. The van der Waals surface area contributed by atoms with E-state index in [1.165, 1.54) is 135 Å². The van der Waals surface area contributed by atoms with Crippen LogP contribution in [-0.2, 0) is 4.79 Å². The van der Waals surface area contributed by atoms with E-state index in [9.17, 15) is 15.0 Å². The van der Waals surface area contributed by atoms with Crippen LogP contribution in [0.3, 0.4) is 0 Å². The molecule has 0 saturated carbocycles. The number of allylic oxidation sites excluding steroid dienone is 3. The standard InChI is InChI=1S/C36H69NO3/c1-3-5-7-9-11-13-15-16-17-18-19-20-21-22-24-26-28-30-32-36(40)37-34(33-38)35(39)31-29-27-25-23-14-12-10-8-6-4-2/h17-18,29,31,34-35,38-39H,3-16,19-28,30,32-33H2,1-2H3,(H,37,40)/b18-17-,31-29+. The number of amides is 1. The predicted octanol–water partition coefficient (Wildman–Crippen LogP) is 10.1. The van der Waals surface area contributed by atoms with Gasteiger partial charge in [-0.05, 0) is 44.9 Å². The summed E-state index contributed by atoms with van der Waals surface area (Å²) >= 11 is 0. The molecule has 0 rings (SSSR count). The molecule has 0 heterocycles. The number of rotatable bonds is 31. The first-order chi connectivity index (χ1) is 19.7. The van der Waals surface area contributed by atoms with E-state index in [4.69, 9.17) is 0 Å². The molecule has 0 aromatic carbocycles. The molecule has 0 saturated heterocycles. The van der Waals surface area contributed by atoms with Gasteiger partial charge in [0.2, 0.25) is 5.91 Å². The van der Waals surface area contributed by atoms with Crippen LogP contribution in [0.4, 0.5) is 0 Å². The van der Waals surface area contributed by atoms with Crippen LogP contribution >= 0.6 is 0 Å². The summed E-state index contributed by atoms with van der Waals surface area (Å²) in [5.74, 6) is -0.0714. The van der Waals surface area contributed by atoms with Crippen molar-refractivity contribution in [2.24, 2.45) is 0 Å². The van der Waals surface area contributed by atoms with Gasteiger partial charge in [-0.2, -0.15) is 0 Å². The van der Waals surface area contributed by atoms with Crippen LogP contribution in [0.15, 0.2) is 24.3 Å². The summed E-state index contributed by atoms with van der Waals surface area (Å²) in [4.78, 5) is 12.3. The first-order valence-corrected chi connectivity index (χ1v) is 17.6. The minimum atomic E-state index is -0.835. The monoisotopic (exact) mass is 564 g/mol. The molecular formula is C36H69NO3. The third kappa shape index (κ3) is 28.4. The van der Waals surface area contributed by atoms with Crippen LogP contribution < -0.4 is 5.32 Å². The van der Waals surface area contributed by atoms with Gasteiger partial charge < -0.3 is 15.5 Å². The molecule has 4 nitrogen and oxygen atoms in total. The summed E-state index contributed by atoms with van der Waals surface area (Å²) in [6.45, 7) is 4.27. The molecule has 0 aliphatic heterocycles. The Morgan fingerprint density at radius 3 is 1.38 bits per heavy atom. The molecule has 0 aromatic heterocycles. The van der Waals surface area contributed by atoms with Crippen LogP contribution in [0.1, 0.15) is 181 Å². The minimum absolute atomic E-state index is 0.0714. The quantitative estimate of drug-likeness (QED) is 0.0580. The molecule has 1 amide bonds. The maximum Gasteiger partial charge on any atom is 0.220 e. The van der Waals surface area contributed by atoms with Crippen molar-refractivity contribution < 1.29 is 15.0 Å². The number of hydrogen-bond acceptors (Lipinski definition) is 3. The largest absolute Gasteiger partial charge is 0.394 e. The topological polar surface area (TPSA) is 69.6 Å². The average molecular weight is 564 g/mol. The van der Waals surface area contributed by atoms with Gasteiger partial charge in [-0.1, -0.05) is 154 Å². The van der Waals surface area contributed by atoms with Gasteiger partial charge in [0.25, 0.3) is 0 Å². The molecule has 3 N–H and O–H groups in total. The number of carbonyl (C=O) groups excluding carboxylic acids is 1. The number of unbranched alkanes of at least 4 members (excludes halogenated alkanes) is 22. The second kappa shape index (κ2) is 32.4. The SMILES string of the molecule is CCCCCCCCC/C=C\CCCCCCCCCC(=O)NC(CO)C(O)/C=C/CCCCCCCCCC. The van der Waals surface area contributed by atoms with E-state index in [1.807, 2.05) is 6.08 Å². The number of nitrogens with one attached hydrogen (secondary N) is 1. The summed E-state index contributed by atoms with van der Waals surface area (Å²) in [7, 11) is 0. The van der Waals surface area contributed by atoms with Crippen molar-refractivity contribution in [3.63, 3.8) is 0 Å². The molecule has 0 spiro atoms. The van der Waals surface area contributed by atoms with E-state index in [-0.39, 0.29) is 12.5 Å². The Labute approximate surface area is 249 Å². The van der Waals surface area contributed by atoms with Crippen molar-refractivity contribution >= 4 is 5.91 Å². The number of aliphatic hydroxyl groups excluding tert-OH is 2. The maximum atomic E-state index is 12.3. The van der Waals surface area contributed by atoms with Crippen LogP contribution in [-0.4, -0.2) is 34.9 Å². The van der Waals surface area contributed by atoms with E-state index in [0.29, 0.717) is 6.42 Å². The summed E-state index contributed by atoms with van der Waals surface area (Å²) in [6.07, 6.45) is 39.7. The third-order valence-electron chi connectivity index (χ3n) is 7.93. The van der Waals surface area contributed by atoms with Gasteiger partial charge in [-0.15, -0.1) is 0 Å². The molecule has 0 aliphatic rings. The van der Waals surface area contributed by atoms with Crippen molar-refractivity contribution in [2.45, 2.75) is 193 Å². The Balaban J connectivity index is 3.61. The fourth-order valence-corrected chi connectivity index (χ4v) is 5.17. The molecule has 236 valence electrons. The molecular weight excluding hydrogens is 494 g/mol. The highest BCUT2D eigenvalue weighted by Gasteiger charge is 2.17. The van der Waals surface area contributed by atoms with Gasteiger partial charge >= 0.3 is 0 Å². The van der Waals surface area contributed by atoms with E-state index >= 15 is 0 Å². The minimum Gasteiger partial charge on any atom is -0.394 e. The highest BCUT2D eigenvalue weighted by molar-refractivity contribution is 5.76. The van der Waals surface area contributed by atoms with E-state index in [2.05, 4.69) is 31.3 Å². The summed E-state index contributed by atoms with van der Waals surface area (Å²) in [6, 6.07) is -0.619. The van der Waals surface area contributed by atoms with Gasteiger partial charge in [0.05, 0.1) is 18.8 Å². The van der Waals surface area contributed by atoms with Crippen molar-refractivity contribution in [1.82, 2.24) is 5.32 Å². The lowest BCUT2D eigenvalue weighted by Crippen LogP contribution is -2.45. The molecule has 2 unspecified atom stereocenters. The molecule has 0 fully saturated rings. The van der Waals surface area contributed by atoms with E-state index in [1.54, 1.807) is 6.08 Å². The van der Waals surface area contributed by atoms with Crippen molar-refractivity contribution in [1.29, 1.82) is 0 Å². The molecule has 2 atom stereocenters. The van der Waals surface area contributed by atoms with Gasteiger partial charge in [-0.25, -0.2) is 0 Å². The number of aliphatic hydroxyl groups is 2. The first-order valence-electron chi connectivity index (χ1n) is 17.6. The Morgan fingerprint density at radius 2 is 0.950 bits per heavy atom. The Morgan fingerprint density at radius 1 is 0.575 bits per heavy atom. The zero-order valence-electron chi connectivity index (χ0n) is 26.9. The molecule has 0 radical (unpaired) electrons. The normalized spacial score (nSPS) is 13.4. The Hall–Kier alpha value is -1.13. The lowest BCUT2D eigenvalue weighted by Gasteiger charge is -2.20. The maximum absolute atomic E-state index is 12.3. The van der Waals surface area contributed by atoms with Crippen molar-refractivity contribution in [3.8, 4) is 0 Å². The fraction of sp³-hybridized carbons (Fsp3) is 0.861. The van der Waals surface area contributed by atoms with E-state index < -0.39 is 12.1 Å². The third-order valence-corrected chi connectivity index (χ3v) is 7.93. The van der Waals surface area contributed by atoms with Crippen LogP contribution in [0, 0.1) is 0 Å². The second-order valence-corrected chi connectivity index (χ2v) is 11.9. The summed E-state index contributed by atoms with van der Waals surface area (Å²) < 4.78 is 0. The molecule has 4 heteroatoms. The summed E-state index contributed by atoms with van der Waals surface area (Å²) in [5, 5.41) is 22.8. The highest BCUT2D eigenvalue weighted by atomic mass is 16.3. The fourth-order valence-electron chi connectivity index (χ4n) is 5.17. The first kappa shape index (κ1) is 38.9. The van der Waals surface area contributed by atoms with Gasteiger partial charge in [0.1, 0.15) is 0 Å².